The minimum Gasteiger partial charge on any atom is -0.382 e. The molecule has 1 aromatic rings. The van der Waals surface area contributed by atoms with Gasteiger partial charge < -0.3 is 5.32 Å². The van der Waals surface area contributed by atoms with Gasteiger partial charge in [-0.1, -0.05) is 5.92 Å². The number of nitrogens with zero attached hydrogens (tertiary/aromatic N) is 1. The van der Waals surface area contributed by atoms with Crippen molar-refractivity contribution in [3.63, 3.8) is 0 Å². The number of anilines is 1. The predicted molar refractivity (Wildman–Crippen MR) is 76.0 cm³/mol. The number of rotatable bonds is 3. The zero-order valence-electron chi connectivity index (χ0n) is 10.1. The molecule has 1 saturated heterocycles. The molecule has 0 spiro atoms. The number of halogens is 2. The van der Waals surface area contributed by atoms with Crippen LogP contribution in [-0.2, 0) is 0 Å². The molecular weight excluding hydrogens is 295 g/mol. The highest BCUT2D eigenvalue weighted by atomic mass is 79.9. The largest absolute Gasteiger partial charge is 0.382 e. The van der Waals surface area contributed by atoms with Crippen molar-refractivity contribution in [3.8, 4) is 12.3 Å². The minimum absolute atomic E-state index is 0.232. The van der Waals surface area contributed by atoms with Gasteiger partial charge in [0.1, 0.15) is 5.82 Å². The molecule has 4 heteroatoms. The van der Waals surface area contributed by atoms with E-state index in [1.807, 2.05) is 6.07 Å². The van der Waals surface area contributed by atoms with E-state index in [0.29, 0.717) is 10.5 Å². The fourth-order valence-corrected chi connectivity index (χ4v) is 2.43. The summed E-state index contributed by atoms with van der Waals surface area (Å²) in [5, 5.41) is 3.37. The molecule has 0 aliphatic carbocycles. The average Bonchev–Trinajstić information content (AvgIpc) is 2.37. The first-order valence-electron chi connectivity index (χ1n) is 6.06. The summed E-state index contributed by atoms with van der Waals surface area (Å²) >= 11 is 3.15. The Kier molecular flexibility index (Phi) is 4.62. The molecule has 1 aliphatic rings. The fourth-order valence-electron chi connectivity index (χ4n) is 2.19. The van der Waals surface area contributed by atoms with Gasteiger partial charge in [0.2, 0.25) is 0 Å². The summed E-state index contributed by atoms with van der Waals surface area (Å²) in [6, 6.07) is 5.55. The maximum atomic E-state index is 13.4. The van der Waals surface area contributed by atoms with E-state index >= 15 is 0 Å². The number of piperidine rings is 1. The normalized spacial score (nSPS) is 17.4. The van der Waals surface area contributed by atoms with E-state index in [0.717, 1.165) is 38.2 Å². The molecule has 0 bridgehead atoms. The Bertz CT molecular complexity index is 448. The van der Waals surface area contributed by atoms with Crippen LogP contribution in [0.5, 0.6) is 0 Å². The van der Waals surface area contributed by atoms with Crippen LogP contribution in [0.4, 0.5) is 10.1 Å². The number of likely N-dealkylation sites (tertiary alicyclic amines) is 1. The molecule has 2 nitrogen and oxygen atoms in total. The molecule has 96 valence electrons. The summed E-state index contributed by atoms with van der Waals surface area (Å²) < 4.78 is 13.9. The third-order valence-electron chi connectivity index (χ3n) is 3.19. The van der Waals surface area contributed by atoms with Crippen molar-refractivity contribution in [1.29, 1.82) is 0 Å². The van der Waals surface area contributed by atoms with Crippen LogP contribution in [0.25, 0.3) is 0 Å². The molecule has 0 unspecified atom stereocenters. The van der Waals surface area contributed by atoms with Crippen LogP contribution >= 0.6 is 15.9 Å². The summed E-state index contributed by atoms with van der Waals surface area (Å²) in [5.41, 5.74) is 0.839. The topological polar surface area (TPSA) is 15.3 Å². The third-order valence-corrected chi connectivity index (χ3v) is 3.84. The first-order chi connectivity index (χ1) is 8.69. The van der Waals surface area contributed by atoms with Gasteiger partial charge in [-0.05, 0) is 47.0 Å². The van der Waals surface area contributed by atoms with E-state index in [1.54, 1.807) is 6.07 Å². The Balaban J connectivity index is 1.88. The first kappa shape index (κ1) is 13.4. The van der Waals surface area contributed by atoms with Crippen LogP contribution < -0.4 is 5.32 Å². The van der Waals surface area contributed by atoms with Crippen molar-refractivity contribution >= 4 is 21.6 Å². The van der Waals surface area contributed by atoms with E-state index in [1.165, 1.54) is 6.07 Å². The summed E-state index contributed by atoms with van der Waals surface area (Å²) in [5.74, 6) is 2.43. The molecule has 1 fully saturated rings. The molecule has 0 radical (unpaired) electrons. The van der Waals surface area contributed by atoms with Crippen LogP contribution in [0.1, 0.15) is 12.8 Å². The number of terminal acetylenes is 1. The van der Waals surface area contributed by atoms with Gasteiger partial charge in [0.05, 0.1) is 11.0 Å². The molecule has 0 saturated carbocycles. The first-order valence-corrected chi connectivity index (χ1v) is 6.86. The molecule has 1 heterocycles. The van der Waals surface area contributed by atoms with E-state index < -0.39 is 0 Å². The molecule has 1 aromatic carbocycles. The second kappa shape index (κ2) is 6.21. The maximum absolute atomic E-state index is 13.4. The lowest BCUT2D eigenvalue weighted by Crippen LogP contribution is -2.39. The average molecular weight is 311 g/mol. The summed E-state index contributed by atoms with van der Waals surface area (Å²) in [6.45, 7) is 2.72. The lowest BCUT2D eigenvalue weighted by Gasteiger charge is -2.31. The second-order valence-electron chi connectivity index (χ2n) is 4.53. The van der Waals surface area contributed by atoms with E-state index in [-0.39, 0.29) is 5.82 Å². The van der Waals surface area contributed by atoms with Crippen molar-refractivity contribution in [1.82, 2.24) is 4.90 Å². The predicted octanol–water partition coefficient (Wildman–Crippen LogP) is 3.10. The lowest BCUT2D eigenvalue weighted by atomic mass is 10.0. The molecule has 1 N–H and O–H groups in total. The van der Waals surface area contributed by atoms with Crippen LogP contribution in [0.3, 0.4) is 0 Å². The quantitative estimate of drug-likeness (QED) is 0.863. The van der Waals surface area contributed by atoms with Gasteiger partial charge in [-0.15, -0.1) is 6.42 Å². The van der Waals surface area contributed by atoms with E-state index in [4.69, 9.17) is 6.42 Å². The Morgan fingerprint density at radius 2 is 2.17 bits per heavy atom. The number of hydrogen-bond donors (Lipinski definition) is 1. The van der Waals surface area contributed by atoms with Gasteiger partial charge in [-0.2, -0.15) is 0 Å². The fraction of sp³-hybridized carbons (Fsp3) is 0.429. The monoisotopic (exact) mass is 310 g/mol. The molecule has 0 amide bonds. The Morgan fingerprint density at radius 3 is 2.78 bits per heavy atom. The van der Waals surface area contributed by atoms with Gasteiger partial charge in [0, 0.05) is 24.8 Å². The summed E-state index contributed by atoms with van der Waals surface area (Å²) in [4.78, 5) is 2.26. The van der Waals surface area contributed by atoms with Crippen molar-refractivity contribution in [2.45, 2.75) is 18.9 Å². The molecule has 0 aromatic heterocycles. The highest BCUT2D eigenvalue weighted by Gasteiger charge is 2.18. The van der Waals surface area contributed by atoms with Crippen molar-refractivity contribution in [2.75, 3.05) is 25.0 Å². The molecule has 0 atom stereocenters. The highest BCUT2D eigenvalue weighted by molar-refractivity contribution is 9.10. The lowest BCUT2D eigenvalue weighted by molar-refractivity contribution is 0.243. The minimum atomic E-state index is -0.232. The Labute approximate surface area is 116 Å². The van der Waals surface area contributed by atoms with Crippen molar-refractivity contribution in [3.05, 3.63) is 28.5 Å². The number of nitrogens with one attached hydrogen (secondary N) is 1. The zero-order chi connectivity index (χ0) is 13.0. The van der Waals surface area contributed by atoms with Crippen LogP contribution in [0, 0.1) is 18.2 Å². The van der Waals surface area contributed by atoms with Crippen LogP contribution in [-0.4, -0.2) is 30.6 Å². The highest BCUT2D eigenvalue weighted by Crippen LogP contribution is 2.21. The second-order valence-corrected chi connectivity index (χ2v) is 5.38. The van der Waals surface area contributed by atoms with Crippen molar-refractivity contribution < 1.29 is 4.39 Å². The summed E-state index contributed by atoms with van der Waals surface area (Å²) in [6.07, 6.45) is 7.38. The molecule has 1 aliphatic heterocycles. The standard InChI is InChI=1S/C14H16BrFN2/c1-2-7-18-8-5-11(6-9-18)17-12-3-4-13(15)14(16)10-12/h1,3-4,10-11,17H,5-9H2. The van der Waals surface area contributed by atoms with E-state index in [9.17, 15) is 4.39 Å². The van der Waals surface area contributed by atoms with Gasteiger partial charge in [0.15, 0.2) is 0 Å². The zero-order valence-corrected chi connectivity index (χ0v) is 11.7. The Hall–Kier alpha value is -1.05. The smallest absolute Gasteiger partial charge is 0.139 e. The van der Waals surface area contributed by atoms with Crippen LogP contribution in [0.2, 0.25) is 0 Å². The van der Waals surface area contributed by atoms with Gasteiger partial charge in [-0.25, -0.2) is 4.39 Å². The van der Waals surface area contributed by atoms with E-state index in [2.05, 4.69) is 32.1 Å². The van der Waals surface area contributed by atoms with Crippen molar-refractivity contribution in [2.24, 2.45) is 0 Å². The maximum Gasteiger partial charge on any atom is 0.139 e. The SMILES string of the molecule is C#CCN1CCC(Nc2ccc(Br)c(F)c2)CC1. The van der Waals surface area contributed by atoms with Gasteiger partial charge in [-0.3, -0.25) is 4.90 Å². The van der Waals surface area contributed by atoms with Gasteiger partial charge >= 0.3 is 0 Å². The number of hydrogen-bond acceptors (Lipinski definition) is 2. The van der Waals surface area contributed by atoms with Gasteiger partial charge in [0.25, 0.3) is 0 Å². The molecule has 18 heavy (non-hydrogen) atoms. The Morgan fingerprint density at radius 1 is 1.44 bits per heavy atom. The molecule has 2 rings (SSSR count). The van der Waals surface area contributed by atoms with Crippen LogP contribution in [0.15, 0.2) is 22.7 Å². The summed E-state index contributed by atoms with van der Waals surface area (Å²) in [7, 11) is 0. The molecular formula is C14H16BrFN2. The number of benzene rings is 1. The third kappa shape index (κ3) is 3.47.